The van der Waals surface area contributed by atoms with E-state index in [0.29, 0.717) is 17.2 Å². The minimum absolute atomic E-state index is 0.407. The number of rotatable bonds is 2. The predicted molar refractivity (Wildman–Crippen MR) is 79.2 cm³/mol. The first-order valence-corrected chi connectivity index (χ1v) is 6.58. The van der Waals surface area contributed by atoms with Crippen LogP contribution in [0.3, 0.4) is 0 Å². The van der Waals surface area contributed by atoms with E-state index in [4.69, 9.17) is 4.74 Å². The number of fused-ring (bicyclic) bond motifs is 1. The minimum atomic E-state index is 0.407. The van der Waals surface area contributed by atoms with Crippen LogP contribution in [-0.2, 0) is 7.05 Å². The third-order valence-electron chi connectivity index (χ3n) is 3.46. The molecular weight excluding hydrogens is 264 g/mol. The number of nitriles is 1. The van der Waals surface area contributed by atoms with Gasteiger partial charge in [0.2, 0.25) is 5.88 Å². The second kappa shape index (κ2) is 4.91. The maximum absolute atomic E-state index is 9.29. The summed E-state index contributed by atoms with van der Waals surface area (Å²) in [5.41, 5.74) is 3.00. The fourth-order valence-corrected chi connectivity index (χ4v) is 2.30. The molecule has 1 aromatic carbocycles. The van der Waals surface area contributed by atoms with E-state index in [1.54, 1.807) is 10.7 Å². The first-order valence-electron chi connectivity index (χ1n) is 6.58. The van der Waals surface area contributed by atoms with E-state index >= 15 is 0 Å². The van der Waals surface area contributed by atoms with Gasteiger partial charge in [-0.15, -0.1) is 0 Å². The lowest BCUT2D eigenvalue weighted by Crippen LogP contribution is -1.95. The van der Waals surface area contributed by atoms with Gasteiger partial charge in [-0.25, -0.2) is 4.98 Å². The van der Waals surface area contributed by atoms with Crippen LogP contribution in [-0.4, -0.2) is 14.8 Å². The Morgan fingerprint density at radius 3 is 2.67 bits per heavy atom. The summed E-state index contributed by atoms with van der Waals surface area (Å²) in [6.45, 7) is 3.82. The molecule has 2 aromatic heterocycles. The lowest BCUT2D eigenvalue weighted by atomic mass is 10.1. The summed E-state index contributed by atoms with van der Waals surface area (Å²) < 4.78 is 7.63. The van der Waals surface area contributed by atoms with Crippen molar-refractivity contribution in [3.63, 3.8) is 0 Å². The van der Waals surface area contributed by atoms with Crippen molar-refractivity contribution >= 4 is 10.9 Å². The lowest BCUT2D eigenvalue weighted by Gasteiger charge is -2.07. The molecule has 0 aliphatic carbocycles. The summed E-state index contributed by atoms with van der Waals surface area (Å²) in [4.78, 5) is 4.46. The maximum Gasteiger partial charge on any atom is 0.221 e. The molecule has 0 saturated carbocycles. The molecule has 0 bridgehead atoms. The van der Waals surface area contributed by atoms with Crippen LogP contribution in [0.15, 0.2) is 30.3 Å². The van der Waals surface area contributed by atoms with Crippen molar-refractivity contribution in [2.45, 2.75) is 13.8 Å². The Hall–Kier alpha value is -2.87. The highest BCUT2D eigenvalue weighted by Gasteiger charge is 2.14. The van der Waals surface area contributed by atoms with Gasteiger partial charge in [-0.3, -0.25) is 4.68 Å². The first kappa shape index (κ1) is 13.1. The smallest absolute Gasteiger partial charge is 0.221 e. The highest BCUT2D eigenvalue weighted by atomic mass is 16.5. The fraction of sp³-hybridized carbons (Fsp3) is 0.188. The van der Waals surface area contributed by atoms with Gasteiger partial charge < -0.3 is 4.74 Å². The topological polar surface area (TPSA) is 63.7 Å². The Balaban J connectivity index is 2.11. The number of nitrogens with zero attached hydrogens (tertiary/aromatic N) is 4. The van der Waals surface area contributed by atoms with Crippen molar-refractivity contribution in [3.05, 3.63) is 47.3 Å². The van der Waals surface area contributed by atoms with Crippen LogP contribution >= 0.6 is 0 Å². The van der Waals surface area contributed by atoms with E-state index in [1.165, 1.54) is 0 Å². The van der Waals surface area contributed by atoms with Crippen molar-refractivity contribution in [2.75, 3.05) is 0 Å². The van der Waals surface area contributed by atoms with Crippen LogP contribution in [0.5, 0.6) is 11.6 Å². The Morgan fingerprint density at radius 2 is 2.00 bits per heavy atom. The first-order chi connectivity index (χ1) is 10.1. The van der Waals surface area contributed by atoms with Gasteiger partial charge in [0.05, 0.1) is 16.8 Å². The number of hydrogen-bond donors (Lipinski definition) is 0. The third kappa shape index (κ3) is 2.21. The molecule has 0 atom stereocenters. The van der Waals surface area contributed by atoms with Crippen LogP contribution in [0.4, 0.5) is 0 Å². The Morgan fingerprint density at radius 1 is 1.24 bits per heavy atom. The molecule has 104 valence electrons. The fourth-order valence-electron chi connectivity index (χ4n) is 2.30. The SMILES string of the molecule is Cc1nn(C)c(C)c1Oc1cc(C#N)c2ccccc2n1. The summed E-state index contributed by atoms with van der Waals surface area (Å²) in [5, 5.41) is 14.4. The highest BCUT2D eigenvalue weighted by molar-refractivity contribution is 5.85. The Labute approximate surface area is 122 Å². The van der Waals surface area contributed by atoms with Crippen LogP contribution in [0.1, 0.15) is 17.0 Å². The molecule has 21 heavy (non-hydrogen) atoms. The number of para-hydroxylation sites is 1. The number of pyridine rings is 1. The van der Waals surface area contributed by atoms with Gasteiger partial charge in [0, 0.05) is 18.5 Å². The van der Waals surface area contributed by atoms with Gasteiger partial charge in [0.15, 0.2) is 5.75 Å². The zero-order valence-corrected chi connectivity index (χ0v) is 12.1. The van der Waals surface area contributed by atoms with Crippen molar-refractivity contribution in [1.29, 1.82) is 5.26 Å². The molecule has 0 unspecified atom stereocenters. The maximum atomic E-state index is 9.29. The second-order valence-electron chi connectivity index (χ2n) is 4.86. The molecule has 0 radical (unpaired) electrons. The van der Waals surface area contributed by atoms with Crippen LogP contribution in [0, 0.1) is 25.2 Å². The average Bonchev–Trinajstić information content (AvgIpc) is 2.73. The summed E-state index contributed by atoms with van der Waals surface area (Å²) in [6.07, 6.45) is 0. The van der Waals surface area contributed by atoms with E-state index in [2.05, 4.69) is 16.2 Å². The lowest BCUT2D eigenvalue weighted by molar-refractivity contribution is 0.457. The van der Waals surface area contributed by atoms with Crippen molar-refractivity contribution in [3.8, 4) is 17.7 Å². The van der Waals surface area contributed by atoms with E-state index in [0.717, 1.165) is 22.3 Å². The third-order valence-corrected chi connectivity index (χ3v) is 3.46. The van der Waals surface area contributed by atoms with Crippen molar-refractivity contribution < 1.29 is 4.74 Å². The van der Waals surface area contributed by atoms with Crippen LogP contribution in [0.2, 0.25) is 0 Å². The molecule has 0 fully saturated rings. The second-order valence-corrected chi connectivity index (χ2v) is 4.86. The monoisotopic (exact) mass is 278 g/mol. The largest absolute Gasteiger partial charge is 0.435 e. The number of aromatic nitrogens is 3. The summed E-state index contributed by atoms with van der Waals surface area (Å²) >= 11 is 0. The standard InChI is InChI=1S/C16H14N4O/c1-10-16(11(2)20(3)19-10)21-15-8-12(9-17)13-6-4-5-7-14(13)18-15/h4-8H,1-3H3. The molecule has 0 aliphatic rings. The molecule has 0 spiro atoms. The summed E-state index contributed by atoms with van der Waals surface area (Å²) in [5.74, 6) is 1.09. The molecule has 5 heteroatoms. The van der Waals surface area contributed by atoms with Gasteiger partial charge in [-0.1, -0.05) is 18.2 Å². The number of hydrogen-bond acceptors (Lipinski definition) is 4. The zero-order valence-electron chi connectivity index (χ0n) is 12.1. The normalized spacial score (nSPS) is 10.6. The van der Waals surface area contributed by atoms with E-state index < -0.39 is 0 Å². The van der Waals surface area contributed by atoms with Crippen molar-refractivity contribution in [1.82, 2.24) is 14.8 Å². The molecule has 0 aliphatic heterocycles. The van der Waals surface area contributed by atoms with Gasteiger partial charge in [0.25, 0.3) is 0 Å². The van der Waals surface area contributed by atoms with Crippen molar-refractivity contribution in [2.24, 2.45) is 7.05 Å². The quantitative estimate of drug-likeness (QED) is 0.721. The molecule has 3 aromatic rings. The summed E-state index contributed by atoms with van der Waals surface area (Å²) in [7, 11) is 1.86. The molecule has 0 saturated heterocycles. The van der Waals surface area contributed by atoms with Gasteiger partial charge in [-0.2, -0.15) is 10.4 Å². The minimum Gasteiger partial charge on any atom is -0.435 e. The Kier molecular flexibility index (Phi) is 3.07. The molecular formula is C16H14N4O. The summed E-state index contributed by atoms with van der Waals surface area (Å²) in [6, 6.07) is 11.4. The Bertz CT molecular complexity index is 874. The number of aryl methyl sites for hydroxylation is 2. The van der Waals surface area contributed by atoms with Crippen LogP contribution in [0.25, 0.3) is 10.9 Å². The molecule has 5 nitrogen and oxygen atoms in total. The molecule has 2 heterocycles. The predicted octanol–water partition coefficient (Wildman–Crippen LogP) is 3.25. The van der Waals surface area contributed by atoms with E-state index in [1.807, 2.05) is 45.2 Å². The number of benzene rings is 1. The highest BCUT2D eigenvalue weighted by Crippen LogP contribution is 2.29. The molecule has 0 N–H and O–H groups in total. The van der Waals surface area contributed by atoms with E-state index in [9.17, 15) is 5.26 Å². The van der Waals surface area contributed by atoms with Crippen LogP contribution < -0.4 is 4.74 Å². The average molecular weight is 278 g/mol. The molecule has 0 amide bonds. The number of ether oxygens (including phenoxy) is 1. The van der Waals surface area contributed by atoms with E-state index in [-0.39, 0.29) is 0 Å². The molecule has 3 rings (SSSR count). The van der Waals surface area contributed by atoms with Gasteiger partial charge in [0.1, 0.15) is 11.8 Å². The van der Waals surface area contributed by atoms with Gasteiger partial charge in [-0.05, 0) is 19.9 Å². The van der Waals surface area contributed by atoms with Gasteiger partial charge >= 0.3 is 0 Å². The zero-order chi connectivity index (χ0) is 15.0.